The standard InChI is InChI=1S/C30H38Cl4N20/c1-19-35-20(31)37-24(36-19)49-7-9-50(10-8-49)27-40-22(33)41-28(45-27)53-15-17-54(18-16-53)30-43-23(34)42-29(46-30)52-13-11-51(12-14-52)26-39-21(32)38-25(44-26)48-5-3-47(2)4-6-48/h3-18H2,1-2H3. The van der Waals surface area contributed by atoms with Gasteiger partial charge in [-0.2, -0.15) is 54.8 Å². The van der Waals surface area contributed by atoms with Crippen molar-refractivity contribution >= 4 is 88.0 Å². The van der Waals surface area contributed by atoms with Crippen molar-refractivity contribution in [1.82, 2.24) is 64.7 Å². The third-order valence-corrected chi connectivity index (χ3v) is 10.5. The number of piperazine rings is 4. The topological polar surface area (TPSA) is 181 Å². The van der Waals surface area contributed by atoms with Crippen molar-refractivity contribution in [3.8, 4) is 0 Å². The van der Waals surface area contributed by atoms with Gasteiger partial charge in [0.05, 0.1) is 0 Å². The smallest absolute Gasteiger partial charge is 0.231 e. The van der Waals surface area contributed by atoms with Gasteiger partial charge in [-0.25, -0.2) is 4.98 Å². The maximum atomic E-state index is 6.47. The Morgan fingerprint density at radius 3 is 0.741 bits per heavy atom. The number of hydrogen-bond donors (Lipinski definition) is 0. The van der Waals surface area contributed by atoms with Gasteiger partial charge in [-0.3, -0.25) is 0 Å². The van der Waals surface area contributed by atoms with Crippen LogP contribution < -0.4 is 34.3 Å². The highest BCUT2D eigenvalue weighted by Gasteiger charge is 2.28. The van der Waals surface area contributed by atoms with Gasteiger partial charge in [-0.15, -0.1) is 0 Å². The fraction of sp³-hybridized carbons (Fsp3) is 0.600. The van der Waals surface area contributed by atoms with E-state index in [1.807, 2.05) is 0 Å². The fourth-order valence-corrected chi connectivity index (χ4v) is 7.39. The average molecular weight is 821 g/mol. The van der Waals surface area contributed by atoms with Crippen molar-refractivity contribution in [2.24, 2.45) is 0 Å². The molecule has 0 aromatic carbocycles. The highest BCUT2D eigenvalue weighted by Crippen LogP contribution is 2.25. The van der Waals surface area contributed by atoms with E-state index in [-0.39, 0.29) is 21.1 Å². The molecule has 4 aromatic rings. The van der Waals surface area contributed by atoms with E-state index in [4.69, 9.17) is 61.4 Å². The van der Waals surface area contributed by atoms with E-state index < -0.39 is 0 Å². The molecule has 286 valence electrons. The monoisotopic (exact) mass is 818 g/mol. The van der Waals surface area contributed by atoms with Gasteiger partial charge in [0.2, 0.25) is 62.8 Å². The second-order valence-corrected chi connectivity index (χ2v) is 14.6. The van der Waals surface area contributed by atoms with Gasteiger partial charge in [-0.05, 0) is 60.4 Å². The first-order valence-corrected chi connectivity index (χ1v) is 19.2. The Balaban J connectivity index is 0.872. The molecule has 0 radical (unpaired) electrons. The first kappa shape index (κ1) is 36.7. The number of likely N-dealkylation sites (N-methyl/N-ethyl adjacent to an activating group) is 1. The van der Waals surface area contributed by atoms with Gasteiger partial charge in [0.1, 0.15) is 5.82 Å². The van der Waals surface area contributed by atoms with Crippen molar-refractivity contribution in [3.63, 3.8) is 0 Å². The van der Waals surface area contributed by atoms with Crippen LogP contribution >= 0.6 is 46.4 Å². The maximum absolute atomic E-state index is 6.47. The Labute approximate surface area is 331 Å². The lowest BCUT2D eigenvalue weighted by molar-refractivity contribution is 0.311. The summed E-state index contributed by atoms with van der Waals surface area (Å²) in [5, 5.41) is 0.658. The average Bonchev–Trinajstić information content (AvgIpc) is 3.17. The summed E-state index contributed by atoms with van der Waals surface area (Å²) in [6.45, 7) is 13.1. The number of aryl methyl sites for hydroxylation is 1. The molecule has 0 bridgehead atoms. The number of aromatic nitrogens is 12. The van der Waals surface area contributed by atoms with E-state index in [0.717, 1.165) is 26.2 Å². The molecule has 0 spiro atoms. The van der Waals surface area contributed by atoms with E-state index in [0.29, 0.717) is 126 Å². The summed E-state index contributed by atoms with van der Waals surface area (Å²) in [6.07, 6.45) is 0. The van der Waals surface area contributed by atoms with Crippen LogP contribution in [0.5, 0.6) is 0 Å². The van der Waals surface area contributed by atoms with Crippen LogP contribution in [0.1, 0.15) is 5.82 Å². The molecule has 0 saturated carbocycles. The molecule has 4 saturated heterocycles. The molecular formula is C30H38Cl4N20. The van der Waals surface area contributed by atoms with Crippen LogP contribution in [0.25, 0.3) is 0 Å². The van der Waals surface area contributed by atoms with Crippen molar-refractivity contribution in [2.75, 3.05) is 146 Å². The summed E-state index contributed by atoms with van der Waals surface area (Å²) < 4.78 is 0. The zero-order valence-electron chi connectivity index (χ0n) is 29.8. The fourth-order valence-electron chi connectivity index (χ4n) is 6.74. The summed E-state index contributed by atoms with van der Waals surface area (Å²) in [5.41, 5.74) is 0. The Kier molecular flexibility index (Phi) is 10.8. The lowest BCUT2D eigenvalue weighted by Crippen LogP contribution is -2.49. The Morgan fingerprint density at radius 2 is 0.500 bits per heavy atom. The SMILES string of the molecule is Cc1nc(Cl)nc(N2CCN(c3nc(Cl)nc(N4CCN(c5nc(Cl)nc(N6CCN(c7nc(Cl)nc(N8CCN(C)CC8)n7)CC6)n5)CC4)n3)CC2)n1. The van der Waals surface area contributed by atoms with Gasteiger partial charge >= 0.3 is 0 Å². The van der Waals surface area contributed by atoms with Crippen molar-refractivity contribution in [3.05, 3.63) is 27.0 Å². The summed E-state index contributed by atoms with van der Waals surface area (Å²) in [7, 11) is 2.11. The molecule has 54 heavy (non-hydrogen) atoms. The molecule has 4 fully saturated rings. The third kappa shape index (κ3) is 8.36. The van der Waals surface area contributed by atoms with Crippen molar-refractivity contribution < 1.29 is 0 Å². The van der Waals surface area contributed by atoms with Gasteiger partial charge < -0.3 is 39.2 Å². The summed E-state index contributed by atoms with van der Waals surface area (Å²) in [5.74, 6) is 4.43. The first-order valence-electron chi connectivity index (χ1n) is 17.7. The number of nitrogens with zero attached hydrogens (tertiary/aromatic N) is 20. The molecule has 20 nitrogen and oxygen atoms in total. The molecule has 0 atom stereocenters. The number of rotatable bonds is 7. The molecule has 24 heteroatoms. The Hall–Kier alpha value is -4.24. The van der Waals surface area contributed by atoms with Crippen LogP contribution in [0.2, 0.25) is 21.1 Å². The normalized spacial score (nSPS) is 18.9. The molecular weight excluding hydrogens is 782 g/mol. The minimum Gasteiger partial charge on any atom is -0.338 e. The van der Waals surface area contributed by atoms with Crippen LogP contribution in [0.3, 0.4) is 0 Å². The van der Waals surface area contributed by atoms with E-state index in [2.05, 4.69) is 91.1 Å². The maximum Gasteiger partial charge on any atom is 0.231 e. The predicted molar refractivity (Wildman–Crippen MR) is 207 cm³/mol. The van der Waals surface area contributed by atoms with Crippen molar-refractivity contribution in [1.29, 1.82) is 0 Å². The first-order chi connectivity index (χ1) is 26.1. The Bertz CT molecular complexity index is 1920. The molecule has 0 unspecified atom stereocenters. The molecule has 4 aliphatic heterocycles. The largest absolute Gasteiger partial charge is 0.338 e. The van der Waals surface area contributed by atoms with E-state index in [1.165, 1.54) is 0 Å². The molecule has 8 heterocycles. The van der Waals surface area contributed by atoms with Gasteiger partial charge in [0.25, 0.3) is 0 Å². The summed E-state index contributed by atoms with van der Waals surface area (Å²) >= 11 is 25.3. The molecule has 4 aliphatic rings. The van der Waals surface area contributed by atoms with Gasteiger partial charge in [-0.1, -0.05) is 0 Å². The predicted octanol–water partition coefficient (Wildman–Crippen LogP) is 1.08. The lowest BCUT2D eigenvalue weighted by Gasteiger charge is -2.37. The van der Waals surface area contributed by atoms with Crippen LogP contribution in [0.15, 0.2) is 0 Å². The zero-order valence-corrected chi connectivity index (χ0v) is 32.8. The minimum atomic E-state index is 0.141. The molecule has 4 aromatic heterocycles. The lowest BCUT2D eigenvalue weighted by atomic mass is 10.3. The van der Waals surface area contributed by atoms with E-state index >= 15 is 0 Å². The number of anilines is 7. The zero-order chi connectivity index (χ0) is 37.3. The van der Waals surface area contributed by atoms with E-state index in [9.17, 15) is 0 Å². The van der Waals surface area contributed by atoms with E-state index in [1.54, 1.807) is 6.92 Å². The third-order valence-electron chi connectivity index (χ3n) is 9.78. The molecule has 0 amide bonds. The molecule has 0 aliphatic carbocycles. The number of hydrogen-bond acceptors (Lipinski definition) is 20. The van der Waals surface area contributed by atoms with Crippen LogP contribution in [0, 0.1) is 6.92 Å². The molecule has 0 N–H and O–H groups in total. The van der Waals surface area contributed by atoms with Crippen LogP contribution in [-0.2, 0) is 0 Å². The van der Waals surface area contributed by atoms with Crippen LogP contribution in [-0.4, -0.2) is 176 Å². The quantitative estimate of drug-likeness (QED) is 0.258. The van der Waals surface area contributed by atoms with Crippen molar-refractivity contribution in [2.45, 2.75) is 6.92 Å². The molecule has 8 rings (SSSR count). The van der Waals surface area contributed by atoms with Gasteiger partial charge in [0.15, 0.2) is 0 Å². The summed E-state index contributed by atoms with van der Waals surface area (Å²) in [6, 6.07) is 0. The highest BCUT2D eigenvalue weighted by molar-refractivity contribution is 6.29. The second-order valence-electron chi connectivity index (χ2n) is 13.3. The minimum absolute atomic E-state index is 0.141. The second kappa shape index (κ2) is 15.9. The van der Waals surface area contributed by atoms with Gasteiger partial charge in [0, 0.05) is 105 Å². The number of halogens is 4. The Morgan fingerprint density at radius 1 is 0.296 bits per heavy atom. The van der Waals surface area contributed by atoms with Crippen LogP contribution in [0.4, 0.5) is 41.6 Å². The highest BCUT2D eigenvalue weighted by atomic mass is 35.5. The summed E-state index contributed by atoms with van der Waals surface area (Å²) in [4.78, 5) is 70.9.